The fraction of sp³-hybridized carbons (Fsp3) is 0.150. The monoisotopic (exact) mass is 424 g/mol. The molecular formula is C20H16ClF3N2O3. The smallest absolute Gasteiger partial charge is 0.416 e. The highest BCUT2D eigenvalue weighted by molar-refractivity contribution is 6.30. The highest BCUT2D eigenvalue weighted by Gasteiger charge is 2.31. The molecule has 0 aromatic heterocycles. The first-order chi connectivity index (χ1) is 13.7. The van der Waals surface area contributed by atoms with E-state index in [1.807, 2.05) is 0 Å². The molecule has 29 heavy (non-hydrogen) atoms. The Kier molecular flexibility index (Phi) is 6.14. The fourth-order valence-corrected chi connectivity index (χ4v) is 2.51. The summed E-state index contributed by atoms with van der Waals surface area (Å²) in [6.07, 6.45) is -1.32. The van der Waals surface area contributed by atoms with Gasteiger partial charge in [-0.3, -0.25) is 10.2 Å². The van der Waals surface area contributed by atoms with Crippen LogP contribution in [0.2, 0.25) is 5.02 Å². The number of hydrogen-bond donors (Lipinski definition) is 1. The van der Waals surface area contributed by atoms with E-state index in [9.17, 15) is 18.0 Å². The number of ether oxygens (including phenoxy) is 1. The Balaban J connectivity index is 1.70. The van der Waals surface area contributed by atoms with Crippen LogP contribution in [0.5, 0.6) is 5.75 Å². The Morgan fingerprint density at radius 1 is 1.14 bits per heavy atom. The summed E-state index contributed by atoms with van der Waals surface area (Å²) in [6, 6.07) is 10.8. The summed E-state index contributed by atoms with van der Waals surface area (Å²) < 4.78 is 44.2. The molecule has 2 aromatic carbocycles. The maximum Gasteiger partial charge on any atom is 0.416 e. The molecule has 1 heterocycles. The van der Waals surface area contributed by atoms with Crippen molar-refractivity contribution in [1.29, 1.82) is 0 Å². The number of allylic oxidation sites excluding steroid dienone is 3. The van der Waals surface area contributed by atoms with Gasteiger partial charge >= 0.3 is 6.18 Å². The summed E-state index contributed by atoms with van der Waals surface area (Å²) in [6.45, 7) is 1.42. The van der Waals surface area contributed by atoms with Gasteiger partial charge in [0.1, 0.15) is 12.4 Å². The Morgan fingerprint density at radius 2 is 1.86 bits per heavy atom. The molecular weight excluding hydrogens is 409 g/mol. The number of nitrogens with one attached hydrogen (secondary N) is 1. The largest absolute Gasteiger partial charge is 0.437 e. The zero-order chi connectivity index (χ0) is 21.0. The van der Waals surface area contributed by atoms with Crippen LogP contribution in [-0.4, -0.2) is 17.6 Å². The number of halogens is 4. The first-order valence-corrected chi connectivity index (χ1v) is 8.82. The molecule has 0 fully saturated rings. The van der Waals surface area contributed by atoms with E-state index in [4.69, 9.17) is 21.2 Å². The molecule has 1 aliphatic rings. The molecule has 0 atom stereocenters. The van der Waals surface area contributed by atoms with Crippen LogP contribution in [0.15, 0.2) is 72.3 Å². The average molecular weight is 425 g/mol. The van der Waals surface area contributed by atoms with Crippen LogP contribution < -0.4 is 10.2 Å². The number of nitrogens with zero attached hydrogens (tertiary/aromatic N) is 1. The Hall–Kier alpha value is -2.97. The van der Waals surface area contributed by atoms with Gasteiger partial charge in [0.2, 0.25) is 5.88 Å². The van der Waals surface area contributed by atoms with Crippen molar-refractivity contribution in [3.63, 3.8) is 0 Å². The molecule has 2 aromatic rings. The van der Waals surface area contributed by atoms with Crippen LogP contribution in [0.3, 0.4) is 0 Å². The number of ketones is 1. The van der Waals surface area contributed by atoms with Crippen molar-refractivity contribution in [3.05, 3.63) is 88.4 Å². The lowest BCUT2D eigenvalue weighted by molar-refractivity contribution is -0.173. The first kappa shape index (κ1) is 20.8. The predicted octanol–water partition coefficient (Wildman–Crippen LogP) is 5.12. The summed E-state index contributed by atoms with van der Waals surface area (Å²) in [4.78, 5) is 17.7. The van der Waals surface area contributed by atoms with E-state index in [-0.39, 0.29) is 24.0 Å². The summed E-state index contributed by atoms with van der Waals surface area (Å²) in [5, 5.41) is 1.59. The fourth-order valence-electron chi connectivity index (χ4n) is 2.39. The topological polar surface area (TPSA) is 50.8 Å². The van der Waals surface area contributed by atoms with Gasteiger partial charge in [0.05, 0.1) is 5.56 Å². The minimum absolute atomic E-state index is 0.0292. The van der Waals surface area contributed by atoms with E-state index >= 15 is 0 Å². The molecule has 3 rings (SSSR count). The van der Waals surface area contributed by atoms with Gasteiger partial charge in [-0.2, -0.15) is 13.2 Å². The zero-order valence-electron chi connectivity index (χ0n) is 15.2. The van der Waals surface area contributed by atoms with Gasteiger partial charge < -0.3 is 4.74 Å². The number of carbonyl (C=O) groups excluding carboxylic acids is 1. The van der Waals surface area contributed by atoms with Gasteiger partial charge in [0.15, 0.2) is 5.78 Å². The third kappa shape index (κ3) is 5.52. The van der Waals surface area contributed by atoms with Crippen LogP contribution in [0.25, 0.3) is 0 Å². The van der Waals surface area contributed by atoms with E-state index in [2.05, 4.69) is 5.43 Å². The lowest BCUT2D eigenvalue weighted by Gasteiger charge is -2.29. The SMILES string of the molecule is CC1=CC=C(Oc2cccc(C(F)(F)F)c2)N(OCC(=O)c2ccc(Cl)cc2)N1. The predicted molar refractivity (Wildman–Crippen MR) is 101 cm³/mol. The Morgan fingerprint density at radius 3 is 2.55 bits per heavy atom. The Labute approximate surface area is 169 Å². The van der Waals surface area contributed by atoms with Crippen molar-refractivity contribution in [3.8, 4) is 5.75 Å². The summed E-state index contributed by atoms with van der Waals surface area (Å²) in [5.74, 6) is -0.272. The van der Waals surface area contributed by atoms with Gasteiger partial charge in [-0.25, -0.2) is 4.84 Å². The third-order valence-corrected chi connectivity index (χ3v) is 4.08. The van der Waals surface area contributed by atoms with Crippen LogP contribution in [0.1, 0.15) is 22.8 Å². The molecule has 1 aliphatic heterocycles. The molecule has 152 valence electrons. The van der Waals surface area contributed by atoms with Crippen molar-refractivity contribution in [2.24, 2.45) is 0 Å². The first-order valence-electron chi connectivity index (χ1n) is 8.44. The van der Waals surface area contributed by atoms with E-state index in [1.54, 1.807) is 37.3 Å². The quantitative estimate of drug-likeness (QED) is 0.652. The van der Waals surface area contributed by atoms with Gasteiger partial charge in [-0.1, -0.05) is 17.7 Å². The number of hydrogen-bond acceptors (Lipinski definition) is 5. The molecule has 0 unspecified atom stereocenters. The van der Waals surface area contributed by atoms with Crippen molar-refractivity contribution in [2.45, 2.75) is 13.1 Å². The molecule has 0 radical (unpaired) electrons. The normalized spacial score (nSPS) is 14.0. The van der Waals surface area contributed by atoms with Crippen LogP contribution in [0, 0.1) is 0 Å². The second-order valence-electron chi connectivity index (χ2n) is 6.09. The maximum atomic E-state index is 12.9. The number of rotatable bonds is 6. The van der Waals surface area contributed by atoms with Crippen molar-refractivity contribution >= 4 is 17.4 Å². The molecule has 0 bridgehead atoms. The minimum atomic E-state index is -4.49. The maximum absolute atomic E-state index is 12.9. The van der Waals surface area contributed by atoms with E-state index in [0.29, 0.717) is 16.3 Å². The van der Waals surface area contributed by atoms with Gasteiger partial charge in [0, 0.05) is 22.4 Å². The number of benzene rings is 2. The Bertz CT molecular complexity index is 956. The van der Waals surface area contributed by atoms with Crippen LogP contribution in [-0.2, 0) is 11.0 Å². The van der Waals surface area contributed by atoms with Crippen LogP contribution in [0.4, 0.5) is 13.2 Å². The number of hydrazine groups is 1. The lowest BCUT2D eigenvalue weighted by atomic mass is 10.1. The molecule has 1 N–H and O–H groups in total. The van der Waals surface area contributed by atoms with E-state index in [1.165, 1.54) is 18.2 Å². The van der Waals surface area contributed by atoms with Crippen molar-refractivity contribution in [2.75, 3.05) is 6.61 Å². The third-order valence-electron chi connectivity index (χ3n) is 3.83. The lowest BCUT2D eigenvalue weighted by Crippen LogP contribution is -2.41. The molecule has 0 spiro atoms. The van der Waals surface area contributed by atoms with E-state index < -0.39 is 11.7 Å². The van der Waals surface area contributed by atoms with E-state index in [0.717, 1.165) is 17.3 Å². The molecule has 9 heteroatoms. The number of hydroxylamine groups is 1. The zero-order valence-corrected chi connectivity index (χ0v) is 15.9. The molecule has 5 nitrogen and oxygen atoms in total. The van der Waals surface area contributed by atoms with Crippen molar-refractivity contribution in [1.82, 2.24) is 10.6 Å². The average Bonchev–Trinajstić information content (AvgIpc) is 2.68. The summed E-state index contributed by atoms with van der Waals surface area (Å²) >= 11 is 5.81. The van der Waals surface area contributed by atoms with Crippen molar-refractivity contribution < 1.29 is 27.5 Å². The van der Waals surface area contributed by atoms with Gasteiger partial charge in [0.25, 0.3) is 0 Å². The molecule has 0 saturated heterocycles. The van der Waals surface area contributed by atoms with Gasteiger partial charge in [-0.05, 0) is 55.5 Å². The summed E-state index contributed by atoms with van der Waals surface area (Å²) in [7, 11) is 0. The molecule has 0 aliphatic carbocycles. The van der Waals surface area contributed by atoms with Gasteiger partial charge in [-0.15, -0.1) is 5.17 Å². The highest BCUT2D eigenvalue weighted by atomic mass is 35.5. The molecule has 0 saturated carbocycles. The standard InChI is InChI=1S/C20H16ClF3N2O3/c1-13-5-10-19(29-17-4-2-3-15(11-17)20(22,23)24)26(25-13)28-12-18(27)14-6-8-16(21)9-7-14/h2-11,25H,12H2,1H3. The number of alkyl halides is 3. The second-order valence-corrected chi connectivity index (χ2v) is 6.53. The summed E-state index contributed by atoms with van der Waals surface area (Å²) in [5.41, 5.74) is 3.08. The highest BCUT2D eigenvalue weighted by Crippen LogP contribution is 2.32. The molecule has 0 amide bonds. The number of carbonyl (C=O) groups is 1. The second kappa shape index (κ2) is 8.59. The van der Waals surface area contributed by atoms with Crippen LogP contribution >= 0.6 is 11.6 Å². The number of Topliss-reactive ketones (excluding diaryl/α,β-unsaturated/α-hetero) is 1. The minimum Gasteiger partial charge on any atom is -0.437 e.